The zero-order valence-corrected chi connectivity index (χ0v) is 13.3. The largest absolute Gasteiger partial charge is 0.496 e. The highest BCUT2D eigenvalue weighted by Crippen LogP contribution is 2.21. The number of hydrogen-bond acceptors (Lipinski definition) is 3. The van der Waals surface area contributed by atoms with Gasteiger partial charge < -0.3 is 14.7 Å². The van der Waals surface area contributed by atoms with Crippen LogP contribution in [-0.4, -0.2) is 42.2 Å². The van der Waals surface area contributed by atoms with Gasteiger partial charge in [0.2, 0.25) is 5.91 Å². The molecule has 0 aliphatic carbocycles. The third-order valence-electron chi connectivity index (χ3n) is 3.25. The van der Waals surface area contributed by atoms with E-state index in [1.54, 1.807) is 24.2 Å². The molecule has 0 atom stereocenters. The number of rotatable bonds is 7. The third kappa shape index (κ3) is 5.23. The summed E-state index contributed by atoms with van der Waals surface area (Å²) in [5.41, 5.74) is 2.00. The second-order valence-electron chi connectivity index (χ2n) is 5.28. The van der Waals surface area contributed by atoms with Crippen molar-refractivity contribution >= 4 is 12.0 Å². The van der Waals surface area contributed by atoms with Gasteiger partial charge in [0.15, 0.2) is 0 Å². The lowest BCUT2D eigenvalue weighted by Gasteiger charge is -2.25. The molecule has 116 valence electrons. The number of aliphatic hydroxyl groups excluding tert-OH is 1. The van der Waals surface area contributed by atoms with E-state index in [4.69, 9.17) is 9.84 Å². The number of carbonyl (C=O) groups excluding carboxylic acids is 1. The van der Waals surface area contributed by atoms with Crippen molar-refractivity contribution in [2.24, 2.45) is 0 Å². The van der Waals surface area contributed by atoms with Crippen molar-refractivity contribution in [3.05, 3.63) is 35.4 Å². The summed E-state index contributed by atoms with van der Waals surface area (Å²) < 4.78 is 5.30. The summed E-state index contributed by atoms with van der Waals surface area (Å²) in [5, 5.41) is 8.91. The quantitative estimate of drug-likeness (QED) is 0.786. The highest BCUT2D eigenvalue weighted by atomic mass is 16.5. The Bertz CT molecular complexity index is 495. The summed E-state index contributed by atoms with van der Waals surface area (Å²) in [6.45, 7) is 6.58. The fourth-order valence-electron chi connectivity index (χ4n) is 2.10. The number of aryl methyl sites for hydroxylation is 1. The molecule has 0 aliphatic rings. The molecule has 0 aliphatic heterocycles. The van der Waals surface area contributed by atoms with Gasteiger partial charge in [0.1, 0.15) is 5.75 Å². The second kappa shape index (κ2) is 8.47. The summed E-state index contributed by atoms with van der Waals surface area (Å²) in [6, 6.07) is 5.95. The topological polar surface area (TPSA) is 49.8 Å². The first-order valence-electron chi connectivity index (χ1n) is 7.23. The molecule has 0 radical (unpaired) electrons. The molecule has 0 saturated carbocycles. The summed E-state index contributed by atoms with van der Waals surface area (Å²) in [6.07, 6.45) is 3.93. The Balaban J connectivity index is 2.87. The van der Waals surface area contributed by atoms with Crippen LogP contribution in [-0.2, 0) is 4.79 Å². The second-order valence-corrected chi connectivity index (χ2v) is 5.28. The van der Waals surface area contributed by atoms with Gasteiger partial charge in [-0.2, -0.15) is 0 Å². The van der Waals surface area contributed by atoms with Crippen molar-refractivity contribution in [3.63, 3.8) is 0 Å². The smallest absolute Gasteiger partial charge is 0.246 e. The van der Waals surface area contributed by atoms with Crippen LogP contribution >= 0.6 is 0 Å². The van der Waals surface area contributed by atoms with E-state index in [1.807, 2.05) is 39.0 Å². The zero-order valence-electron chi connectivity index (χ0n) is 13.3. The van der Waals surface area contributed by atoms with Gasteiger partial charge in [-0.1, -0.05) is 11.6 Å². The normalized spacial score (nSPS) is 11.1. The molecule has 0 fully saturated rings. The summed E-state index contributed by atoms with van der Waals surface area (Å²) in [4.78, 5) is 14.0. The monoisotopic (exact) mass is 291 g/mol. The van der Waals surface area contributed by atoms with E-state index in [1.165, 1.54) is 0 Å². The predicted octanol–water partition coefficient (Wildman–Crippen LogP) is 2.64. The van der Waals surface area contributed by atoms with E-state index in [2.05, 4.69) is 0 Å². The van der Waals surface area contributed by atoms with Crippen molar-refractivity contribution < 1.29 is 14.6 Å². The molecule has 1 aromatic carbocycles. The van der Waals surface area contributed by atoms with Crippen LogP contribution in [0.15, 0.2) is 24.3 Å². The van der Waals surface area contributed by atoms with Crippen molar-refractivity contribution in [2.75, 3.05) is 20.3 Å². The number of hydrogen-bond donors (Lipinski definition) is 1. The van der Waals surface area contributed by atoms with Gasteiger partial charge in [0.25, 0.3) is 0 Å². The minimum absolute atomic E-state index is 0.0537. The van der Waals surface area contributed by atoms with E-state index in [9.17, 15) is 4.79 Å². The SMILES string of the molecule is COc1ccc(C)cc1/C=C/C(=O)N(CCCO)C(C)C. The lowest BCUT2D eigenvalue weighted by atomic mass is 10.1. The third-order valence-corrected chi connectivity index (χ3v) is 3.25. The van der Waals surface area contributed by atoms with Crippen molar-refractivity contribution in [2.45, 2.75) is 33.2 Å². The maximum absolute atomic E-state index is 12.3. The number of nitrogens with zero attached hydrogens (tertiary/aromatic N) is 1. The Hall–Kier alpha value is -1.81. The Morgan fingerprint density at radius 1 is 1.43 bits per heavy atom. The Morgan fingerprint density at radius 2 is 2.14 bits per heavy atom. The van der Waals surface area contributed by atoms with Gasteiger partial charge >= 0.3 is 0 Å². The highest BCUT2D eigenvalue weighted by molar-refractivity contribution is 5.92. The van der Waals surface area contributed by atoms with Gasteiger partial charge in [0.05, 0.1) is 7.11 Å². The van der Waals surface area contributed by atoms with Crippen molar-refractivity contribution in [1.82, 2.24) is 4.90 Å². The van der Waals surface area contributed by atoms with E-state index < -0.39 is 0 Å². The van der Waals surface area contributed by atoms with E-state index >= 15 is 0 Å². The average Bonchev–Trinajstić information content (AvgIpc) is 2.45. The van der Waals surface area contributed by atoms with E-state index in [0.29, 0.717) is 13.0 Å². The first kappa shape index (κ1) is 17.2. The first-order chi connectivity index (χ1) is 9.99. The van der Waals surface area contributed by atoms with Crippen molar-refractivity contribution in [3.8, 4) is 5.75 Å². The molecule has 0 spiro atoms. The molecule has 0 bridgehead atoms. The minimum atomic E-state index is -0.0537. The fraction of sp³-hybridized carbons (Fsp3) is 0.471. The van der Waals surface area contributed by atoms with Crippen LogP contribution in [0.1, 0.15) is 31.4 Å². The average molecular weight is 291 g/mol. The van der Waals surface area contributed by atoms with Gasteiger partial charge in [-0.3, -0.25) is 4.79 Å². The molecular formula is C17H25NO3. The number of methoxy groups -OCH3 is 1. The van der Waals surface area contributed by atoms with Crippen LogP contribution in [0.3, 0.4) is 0 Å². The van der Waals surface area contributed by atoms with Gasteiger partial charge in [-0.25, -0.2) is 0 Å². The van der Waals surface area contributed by atoms with Crippen LogP contribution in [0.2, 0.25) is 0 Å². The molecule has 0 unspecified atom stereocenters. The van der Waals surface area contributed by atoms with Crippen LogP contribution in [0.5, 0.6) is 5.75 Å². The molecule has 1 rings (SSSR count). The minimum Gasteiger partial charge on any atom is -0.496 e. The number of aliphatic hydroxyl groups is 1. The number of amides is 1. The fourth-order valence-corrected chi connectivity index (χ4v) is 2.10. The first-order valence-corrected chi connectivity index (χ1v) is 7.23. The lowest BCUT2D eigenvalue weighted by molar-refractivity contribution is -0.127. The zero-order chi connectivity index (χ0) is 15.8. The molecule has 1 aromatic rings. The van der Waals surface area contributed by atoms with E-state index in [0.717, 1.165) is 16.9 Å². The standard InChI is InChI=1S/C17H25NO3/c1-13(2)18(10-5-11-19)17(20)9-7-15-12-14(3)6-8-16(15)21-4/h6-9,12-13,19H,5,10-11H2,1-4H3/b9-7+. The van der Waals surface area contributed by atoms with Gasteiger partial charge in [-0.05, 0) is 45.4 Å². The van der Waals surface area contributed by atoms with E-state index in [-0.39, 0.29) is 18.6 Å². The van der Waals surface area contributed by atoms with Crippen LogP contribution < -0.4 is 4.74 Å². The molecule has 0 saturated heterocycles. The Kier molecular flexibility index (Phi) is 6.96. The number of carbonyl (C=O) groups is 1. The lowest BCUT2D eigenvalue weighted by Crippen LogP contribution is -2.36. The van der Waals surface area contributed by atoms with Crippen LogP contribution in [0.4, 0.5) is 0 Å². The summed E-state index contributed by atoms with van der Waals surface area (Å²) in [5.74, 6) is 0.693. The van der Waals surface area contributed by atoms with Gasteiger partial charge in [0, 0.05) is 30.8 Å². The molecule has 21 heavy (non-hydrogen) atoms. The van der Waals surface area contributed by atoms with Gasteiger partial charge in [-0.15, -0.1) is 0 Å². The maximum atomic E-state index is 12.3. The van der Waals surface area contributed by atoms with Crippen LogP contribution in [0.25, 0.3) is 6.08 Å². The molecule has 0 aromatic heterocycles. The Labute approximate surface area is 127 Å². The summed E-state index contributed by atoms with van der Waals surface area (Å²) >= 11 is 0. The predicted molar refractivity (Wildman–Crippen MR) is 85.3 cm³/mol. The number of ether oxygens (including phenoxy) is 1. The molecular weight excluding hydrogens is 266 g/mol. The molecule has 4 nitrogen and oxygen atoms in total. The number of benzene rings is 1. The van der Waals surface area contributed by atoms with Crippen LogP contribution in [0, 0.1) is 6.92 Å². The molecule has 0 heterocycles. The molecule has 1 amide bonds. The van der Waals surface area contributed by atoms with Crippen molar-refractivity contribution in [1.29, 1.82) is 0 Å². The molecule has 4 heteroatoms. The summed E-state index contributed by atoms with van der Waals surface area (Å²) in [7, 11) is 1.62. The highest BCUT2D eigenvalue weighted by Gasteiger charge is 2.13. The molecule has 1 N–H and O–H groups in total. The Morgan fingerprint density at radius 3 is 2.71 bits per heavy atom. The maximum Gasteiger partial charge on any atom is 0.246 e.